The van der Waals surface area contributed by atoms with E-state index in [0.29, 0.717) is 5.92 Å². The lowest BCUT2D eigenvalue weighted by molar-refractivity contribution is 0.776. The first kappa shape index (κ1) is 9.31. The summed E-state index contributed by atoms with van der Waals surface area (Å²) in [4.78, 5) is 0. The third-order valence-corrected chi connectivity index (χ3v) is 2.36. The minimum Gasteiger partial charge on any atom is -0.0617 e. The number of benzene rings is 1. The zero-order chi connectivity index (χ0) is 8.97. The molecule has 0 aliphatic carbocycles. The molecule has 0 bridgehead atoms. The third-order valence-electron chi connectivity index (χ3n) is 2.36. The highest BCUT2D eigenvalue weighted by atomic mass is 14.1. The van der Waals surface area contributed by atoms with Crippen LogP contribution in [-0.4, -0.2) is 0 Å². The molecule has 0 aliphatic heterocycles. The number of aryl methyl sites for hydroxylation is 1. The molecule has 1 aromatic rings. The predicted molar refractivity (Wildman–Crippen MR) is 54.2 cm³/mol. The Labute approximate surface area is 75.6 Å². The standard InChI is InChI=1S/C12H17/c1-4-10(3)12-8-6-7-11(5-2)9-12/h6-10H,1,4-5H2,2-3H3. The molecule has 0 fully saturated rings. The Morgan fingerprint density at radius 1 is 1.42 bits per heavy atom. The second-order valence-corrected chi connectivity index (χ2v) is 3.29. The molecule has 0 heterocycles. The van der Waals surface area contributed by atoms with Gasteiger partial charge < -0.3 is 0 Å². The van der Waals surface area contributed by atoms with E-state index >= 15 is 0 Å². The largest absolute Gasteiger partial charge is 0.0617 e. The summed E-state index contributed by atoms with van der Waals surface area (Å²) in [6.45, 7) is 8.33. The second kappa shape index (κ2) is 4.30. The first-order valence-electron chi connectivity index (χ1n) is 4.66. The molecule has 0 saturated carbocycles. The van der Waals surface area contributed by atoms with E-state index in [1.165, 1.54) is 11.1 Å². The van der Waals surface area contributed by atoms with Crippen molar-refractivity contribution >= 4 is 0 Å². The highest BCUT2D eigenvalue weighted by Gasteiger charge is 2.01. The lowest BCUT2D eigenvalue weighted by Gasteiger charge is -2.09. The van der Waals surface area contributed by atoms with E-state index in [9.17, 15) is 0 Å². The molecular weight excluding hydrogens is 144 g/mol. The van der Waals surface area contributed by atoms with Gasteiger partial charge >= 0.3 is 0 Å². The molecule has 0 heteroatoms. The van der Waals surface area contributed by atoms with Crippen molar-refractivity contribution in [2.45, 2.75) is 32.6 Å². The fraction of sp³-hybridized carbons (Fsp3) is 0.417. The minimum atomic E-state index is 0.594. The fourth-order valence-corrected chi connectivity index (χ4v) is 1.29. The zero-order valence-corrected chi connectivity index (χ0v) is 8.01. The van der Waals surface area contributed by atoms with Gasteiger partial charge in [-0.05, 0) is 29.9 Å². The van der Waals surface area contributed by atoms with Crippen LogP contribution in [-0.2, 0) is 6.42 Å². The molecule has 0 spiro atoms. The van der Waals surface area contributed by atoms with E-state index in [0.717, 1.165) is 12.8 Å². The van der Waals surface area contributed by atoms with E-state index in [-0.39, 0.29) is 0 Å². The molecule has 1 unspecified atom stereocenters. The van der Waals surface area contributed by atoms with Crippen LogP contribution in [0.15, 0.2) is 24.3 Å². The van der Waals surface area contributed by atoms with Crippen LogP contribution < -0.4 is 0 Å². The highest BCUT2D eigenvalue weighted by molar-refractivity contribution is 5.26. The molecule has 1 aromatic carbocycles. The first-order chi connectivity index (χ1) is 5.77. The normalized spacial score (nSPS) is 12.9. The van der Waals surface area contributed by atoms with Crippen molar-refractivity contribution < 1.29 is 0 Å². The smallest absolute Gasteiger partial charge is 0.0190 e. The summed E-state index contributed by atoms with van der Waals surface area (Å²) in [7, 11) is 0. The average molecular weight is 161 g/mol. The van der Waals surface area contributed by atoms with E-state index in [1.54, 1.807) is 0 Å². The fourth-order valence-electron chi connectivity index (χ4n) is 1.29. The van der Waals surface area contributed by atoms with Gasteiger partial charge in [0.05, 0.1) is 0 Å². The lowest BCUT2D eigenvalue weighted by atomic mass is 9.96. The number of hydrogen-bond donors (Lipinski definition) is 0. The average Bonchev–Trinajstić information content (AvgIpc) is 2.17. The second-order valence-electron chi connectivity index (χ2n) is 3.29. The van der Waals surface area contributed by atoms with E-state index < -0.39 is 0 Å². The molecule has 1 rings (SSSR count). The summed E-state index contributed by atoms with van der Waals surface area (Å²) >= 11 is 0. The molecule has 0 aromatic heterocycles. The van der Waals surface area contributed by atoms with Crippen LogP contribution in [0.5, 0.6) is 0 Å². The van der Waals surface area contributed by atoms with Crippen LogP contribution in [0.25, 0.3) is 0 Å². The van der Waals surface area contributed by atoms with Gasteiger partial charge in [0.2, 0.25) is 0 Å². The maximum absolute atomic E-state index is 3.92. The Kier molecular flexibility index (Phi) is 3.33. The van der Waals surface area contributed by atoms with Crippen LogP contribution in [0.4, 0.5) is 0 Å². The molecule has 0 N–H and O–H groups in total. The molecule has 12 heavy (non-hydrogen) atoms. The summed E-state index contributed by atoms with van der Waals surface area (Å²) < 4.78 is 0. The van der Waals surface area contributed by atoms with Crippen molar-refractivity contribution in [3.05, 3.63) is 42.3 Å². The van der Waals surface area contributed by atoms with E-state index in [4.69, 9.17) is 0 Å². The van der Waals surface area contributed by atoms with E-state index in [2.05, 4.69) is 45.0 Å². The Hall–Kier alpha value is -0.780. The van der Waals surface area contributed by atoms with Crippen molar-refractivity contribution in [2.75, 3.05) is 0 Å². The number of rotatable bonds is 3. The van der Waals surface area contributed by atoms with Gasteiger partial charge in [-0.2, -0.15) is 0 Å². The first-order valence-corrected chi connectivity index (χ1v) is 4.66. The van der Waals surface area contributed by atoms with Gasteiger partial charge in [-0.3, -0.25) is 0 Å². The lowest BCUT2D eigenvalue weighted by Crippen LogP contribution is -1.92. The third kappa shape index (κ3) is 2.10. The summed E-state index contributed by atoms with van der Waals surface area (Å²) in [5, 5.41) is 0. The summed E-state index contributed by atoms with van der Waals surface area (Å²) in [5.74, 6) is 0.594. The van der Waals surface area contributed by atoms with Crippen LogP contribution in [0, 0.1) is 6.92 Å². The van der Waals surface area contributed by atoms with Crippen molar-refractivity contribution in [1.82, 2.24) is 0 Å². The molecule has 65 valence electrons. The van der Waals surface area contributed by atoms with Crippen LogP contribution >= 0.6 is 0 Å². The summed E-state index contributed by atoms with van der Waals surface area (Å²) in [6, 6.07) is 8.80. The van der Waals surface area contributed by atoms with Gasteiger partial charge in [-0.25, -0.2) is 0 Å². The molecule has 0 saturated heterocycles. The predicted octanol–water partition coefficient (Wildman–Crippen LogP) is 3.58. The maximum Gasteiger partial charge on any atom is -0.0190 e. The Morgan fingerprint density at radius 3 is 2.75 bits per heavy atom. The quantitative estimate of drug-likeness (QED) is 0.635. The van der Waals surface area contributed by atoms with Gasteiger partial charge in [-0.15, -0.1) is 0 Å². The van der Waals surface area contributed by atoms with Gasteiger partial charge in [0.1, 0.15) is 0 Å². The van der Waals surface area contributed by atoms with Gasteiger partial charge in [0, 0.05) is 0 Å². The number of hydrogen-bond acceptors (Lipinski definition) is 0. The SMILES string of the molecule is [CH2]CC(C)c1cccc(CC)c1. The van der Waals surface area contributed by atoms with Crippen molar-refractivity contribution in [2.24, 2.45) is 0 Å². The monoisotopic (exact) mass is 161 g/mol. The Balaban J connectivity index is 2.86. The van der Waals surface area contributed by atoms with Crippen LogP contribution in [0.1, 0.15) is 37.3 Å². The van der Waals surface area contributed by atoms with Gasteiger partial charge in [-0.1, -0.05) is 45.0 Å². The van der Waals surface area contributed by atoms with Gasteiger partial charge in [0.25, 0.3) is 0 Å². The Morgan fingerprint density at radius 2 is 2.17 bits per heavy atom. The van der Waals surface area contributed by atoms with Crippen molar-refractivity contribution in [1.29, 1.82) is 0 Å². The summed E-state index contributed by atoms with van der Waals surface area (Å²) in [5.41, 5.74) is 2.84. The molecule has 0 nitrogen and oxygen atoms in total. The zero-order valence-electron chi connectivity index (χ0n) is 8.01. The highest BCUT2D eigenvalue weighted by Crippen LogP contribution is 2.19. The molecule has 1 atom stereocenters. The topological polar surface area (TPSA) is 0 Å². The molecular formula is C12H17. The molecule has 0 amide bonds. The van der Waals surface area contributed by atoms with Gasteiger partial charge in [0.15, 0.2) is 0 Å². The van der Waals surface area contributed by atoms with Crippen LogP contribution in [0.3, 0.4) is 0 Å². The molecule has 1 radical (unpaired) electrons. The maximum atomic E-state index is 3.92. The molecule has 0 aliphatic rings. The van der Waals surface area contributed by atoms with E-state index in [1.807, 2.05) is 0 Å². The minimum absolute atomic E-state index is 0.594. The van der Waals surface area contributed by atoms with Crippen molar-refractivity contribution in [3.8, 4) is 0 Å². The van der Waals surface area contributed by atoms with Crippen LogP contribution in [0.2, 0.25) is 0 Å². The van der Waals surface area contributed by atoms with Crippen molar-refractivity contribution in [3.63, 3.8) is 0 Å². The summed E-state index contributed by atoms with van der Waals surface area (Å²) in [6.07, 6.45) is 2.10. The Bertz CT molecular complexity index is 238.